The fraction of sp³-hybridized carbons (Fsp3) is 0.250. The van der Waals surface area contributed by atoms with Crippen LogP contribution in [0.4, 0.5) is 11.4 Å². The minimum absolute atomic E-state index is 0.178. The molecule has 2 aromatic rings. The number of pyridine rings is 1. The van der Waals surface area contributed by atoms with E-state index in [1.165, 1.54) is 0 Å². The Bertz CT molecular complexity index is 853. The minimum Gasteiger partial charge on any atom is -0.490 e. The van der Waals surface area contributed by atoms with E-state index in [9.17, 15) is 35.4 Å². The van der Waals surface area contributed by atoms with Gasteiger partial charge in [0.15, 0.2) is 11.6 Å². The maximum Gasteiger partial charge on any atom is 0.320 e. The Balaban J connectivity index is 2.78. The third-order valence-corrected chi connectivity index (χ3v) is 3.18. The van der Waals surface area contributed by atoms with Gasteiger partial charge in [-0.2, -0.15) is 0 Å². The molecule has 0 fully saturated rings. The third kappa shape index (κ3) is 3.03. The number of aliphatic hydroxyl groups excluding tert-OH is 1. The number of nitro benzene ring substituents is 2. The van der Waals surface area contributed by atoms with E-state index in [2.05, 4.69) is 4.98 Å². The van der Waals surface area contributed by atoms with Gasteiger partial charge in [0.25, 0.3) is 5.69 Å². The number of nitro groups is 3. The van der Waals surface area contributed by atoms with Crippen molar-refractivity contribution in [1.82, 2.24) is 4.98 Å². The molecule has 0 radical (unpaired) electrons. The van der Waals surface area contributed by atoms with Gasteiger partial charge in [0.2, 0.25) is 12.3 Å². The van der Waals surface area contributed by atoms with Crippen LogP contribution in [0.15, 0.2) is 18.2 Å². The number of methoxy groups -OCH3 is 1. The second-order valence-electron chi connectivity index (χ2n) is 4.62. The van der Waals surface area contributed by atoms with Crippen molar-refractivity contribution >= 4 is 22.3 Å². The molecule has 0 unspecified atom stereocenters. The molecule has 0 aliphatic heterocycles. The Kier molecular flexibility index (Phi) is 4.50. The largest absolute Gasteiger partial charge is 0.490 e. The van der Waals surface area contributed by atoms with Gasteiger partial charge < -0.3 is 9.84 Å². The highest BCUT2D eigenvalue weighted by Gasteiger charge is 2.29. The summed E-state index contributed by atoms with van der Waals surface area (Å²) in [5.74, 6) is -0.320. The van der Waals surface area contributed by atoms with Gasteiger partial charge in [-0.05, 0) is 12.1 Å². The highest BCUT2D eigenvalue weighted by Crippen LogP contribution is 2.40. The van der Waals surface area contributed by atoms with Gasteiger partial charge in [0, 0.05) is 4.92 Å². The summed E-state index contributed by atoms with van der Waals surface area (Å²) in [4.78, 5) is 34.3. The fourth-order valence-corrected chi connectivity index (χ4v) is 2.16. The molecule has 12 nitrogen and oxygen atoms in total. The molecule has 1 aromatic heterocycles. The van der Waals surface area contributed by atoms with Crippen molar-refractivity contribution in [3.05, 3.63) is 54.2 Å². The van der Waals surface area contributed by atoms with Crippen molar-refractivity contribution in [2.75, 3.05) is 13.7 Å². The quantitative estimate of drug-likeness (QED) is 0.602. The van der Waals surface area contributed by atoms with E-state index in [-0.39, 0.29) is 22.3 Å². The predicted molar refractivity (Wildman–Crippen MR) is 78.4 cm³/mol. The summed E-state index contributed by atoms with van der Waals surface area (Å²) in [5, 5.41) is 42.4. The van der Waals surface area contributed by atoms with E-state index in [4.69, 9.17) is 4.74 Å². The summed E-state index contributed by atoms with van der Waals surface area (Å²) in [6.07, 6.45) is -1.61. The zero-order valence-corrected chi connectivity index (χ0v) is 12.1. The molecule has 0 aliphatic carbocycles. The number of fused-ring (bicyclic) bond motifs is 1. The number of non-ortho nitro benzene ring substituents is 1. The number of nitrogens with zero attached hydrogens (tertiary/aromatic N) is 4. The van der Waals surface area contributed by atoms with Crippen molar-refractivity contribution in [3.8, 4) is 5.75 Å². The zero-order chi connectivity index (χ0) is 18.0. The summed E-state index contributed by atoms with van der Waals surface area (Å²) >= 11 is 0. The molecule has 12 heteroatoms. The monoisotopic (exact) mass is 338 g/mol. The van der Waals surface area contributed by atoms with Crippen molar-refractivity contribution in [3.63, 3.8) is 0 Å². The molecule has 24 heavy (non-hydrogen) atoms. The van der Waals surface area contributed by atoms with Gasteiger partial charge in [-0.25, -0.2) is 4.98 Å². The number of benzene rings is 1. The number of hydrogen-bond acceptors (Lipinski definition) is 9. The average Bonchev–Trinajstić information content (AvgIpc) is 2.51. The van der Waals surface area contributed by atoms with E-state index < -0.39 is 38.8 Å². The molecule has 0 spiro atoms. The van der Waals surface area contributed by atoms with Crippen LogP contribution in [0.1, 0.15) is 11.8 Å². The van der Waals surface area contributed by atoms with Crippen LogP contribution in [-0.4, -0.2) is 38.5 Å². The van der Waals surface area contributed by atoms with Crippen molar-refractivity contribution < 1.29 is 24.6 Å². The number of rotatable bonds is 6. The first-order chi connectivity index (χ1) is 11.3. The van der Waals surface area contributed by atoms with Gasteiger partial charge in [0.1, 0.15) is 0 Å². The highest BCUT2D eigenvalue weighted by atomic mass is 16.6. The summed E-state index contributed by atoms with van der Waals surface area (Å²) in [5.41, 5.74) is -1.68. The summed E-state index contributed by atoms with van der Waals surface area (Å²) in [6, 6.07) is 3.11. The molecule has 0 aliphatic rings. The second-order valence-corrected chi connectivity index (χ2v) is 4.62. The second kappa shape index (κ2) is 6.37. The Morgan fingerprint density at radius 1 is 1.21 bits per heavy atom. The number of aromatic nitrogens is 1. The lowest BCUT2D eigenvalue weighted by Gasteiger charge is -2.09. The van der Waals surface area contributed by atoms with Crippen LogP contribution < -0.4 is 4.74 Å². The van der Waals surface area contributed by atoms with Crippen molar-refractivity contribution in [2.24, 2.45) is 0 Å². The van der Waals surface area contributed by atoms with Gasteiger partial charge in [-0.3, -0.25) is 30.3 Å². The first-order valence-electron chi connectivity index (χ1n) is 6.36. The molecular weight excluding hydrogens is 328 g/mol. The SMILES string of the molecule is COc1cc([N+](=O)[O-])c2nc([C@@H](O)C[N+](=O)[O-])ccc2c1[N+](=O)[O-]. The lowest BCUT2D eigenvalue weighted by atomic mass is 10.1. The molecule has 0 amide bonds. The molecule has 2 rings (SSSR count). The molecule has 126 valence electrons. The van der Waals surface area contributed by atoms with E-state index in [1.54, 1.807) is 0 Å². The maximum atomic E-state index is 11.2. The van der Waals surface area contributed by atoms with Gasteiger partial charge in [-0.15, -0.1) is 0 Å². The van der Waals surface area contributed by atoms with Crippen LogP contribution in [0, 0.1) is 30.3 Å². The van der Waals surface area contributed by atoms with Crippen molar-refractivity contribution in [2.45, 2.75) is 6.10 Å². The number of aliphatic hydroxyl groups is 1. The molecule has 1 heterocycles. The number of hydrogen-bond donors (Lipinski definition) is 1. The van der Waals surface area contributed by atoms with E-state index in [1.807, 2.05) is 0 Å². The molecule has 0 saturated heterocycles. The average molecular weight is 338 g/mol. The lowest BCUT2D eigenvalue weighted by molar-refractivity contribution is -0.491. The highest BCUT2D eigenvalue weighted by molar-refractivity contribution is 5.97. The molecule has 1 N–H and O–H groups in total. The smallest absolute Gasteiger partial charge is 0.320 e. The Labute approximate surface area is 132 Å². The Morgan fingerprint density at radius 3 is 2.38 bits per heavy atom. The van der Waals surface area contributed by atoms with Crippen LogP contribution in [0.2, 0.25) is 0 Å². The van der Waals surface area contributed by atoms with Gasteiger partial charge in [0.05, 0.1) is 34.1 Å². The van der Waals surface area contributed by atoms with Gasteiger partial charge >= 0.3 is 5.69 Å². The summed E-state index contributed by atoms with van der Waals surface area (Å²) in [6.45, 7) is -0.857. The van der Waals surface area contributed by atoms with Crippen LogP contribution in [-0.2, 0) is 0 Å². The van der Waals surface area contributed by atoms with E-state index >= 15 is 0 Å². The standard InChI is InChI=1S/C12H10N4O8/c1-24-10-4-8(15(20)21)11-6(12(10)16(22)23)2-3-7(13-11)9(17)5-14(18)19/h2-4,9,17H,5H2,1H3/t9-/m0/s1. The minimum atomic E-state index is -1.61. The normalized spacial score (nSPS) is 11.9. The third-order valence-electron chi connectivity index (χ3n) is 3.18. The van der Waals surface area contributed by atoms with Crippen LogP contribution in [0.25, 0.3) is 10.9 Å². The molecular formula is C12H10N4O8. The predicted octanol–water partition coefficient (Wildman–Crippen LogP) is 1.37. The molecule has 1 aromatic carbocycles. The number of ether oxygens (including phenoxy) is 1. The fourth-order valence-electron chi connectivity index (χ4n) is 2.16. The van der Waals surface area contributed by atoms with Crippen LogP contribution >= 0.6 is 0 Å². The molecule has 0 bridgehead atoms. The molecule has 0 saturated carbocycles. The maximum absolute atomic E-state index is 11.2. The van der Waals surface area contributed by atoms with Gasteiger partial charge in [-0.1, -0.05) is 0 Å². The summed E-state index contributed by atoms with van der Waals surface area (Å²) in [7, 11) is 1.13. The topological polar surface area (TPSA) is 172 Å². The zero-order valence-electron chi connectivity index (χ0n) is 12.1. The Morgan fingerprint density at radius 2 is 1.88 bits per heavy atom. The van der Waals surface area contributed by atoms with E-state index in [0.717, 1.165) is 25.3 Å². The van der Waals surface area contributed by atoms with Crippen molar-refractivity contribution in [1.29, 1.82) is 0 Å². The molecule has 1 atom stereocenters. The first-order valence-corrected chi connectivity index (χ1v) is 6.36. The lowest BCUT2D eigenvalue weighted by Crippen LogP contribution is -2.13. The van der Waals surface area contributed by atoms with Crippen LogP contribution in [0.5, 0.6) is 5.75 Å². The summed E-state index contributed by atoms with van der Waals surface area (Å²) < 4.78 is 4.82. The van der Waals surface area contributed by atoms with E-state index in [0.29, 0.717) is 0 Å². The van der Waals surface area contributed by atoms with Crippen LogP contribution in [0.3, 0.4) is 0 Å². The first kappa shape index (κ1) is 17.0. The Hall–Kier alpha value is -3.41.